The highest BCUT2D eigenvalue weighted by molar-refractivity contribution is 5.81. The van der Waals surface area contributed by atoms with Gasteiger partial charge in [0, 0.05) is 0 Å². The van der Waals surface area contributed by atoms with Gasteiger partial charge in [-0.25, -0.2) is 0 Å². The average Bonchev–Trinajstić information content (AvgIpc) is 2.88. The molecule has 0 aromatic carbocycles. The number of ether oxygens (including phenoxy) is 5. The molecule has 11 N–H and O–H groups in total. The van der Waals surface area contributed by atoms with E-state index in [1.807, 2.05) is 0 Å². The van der Waals surface area contributed by atoms with Crippen molar-refractivity contribution in [1.82, 2.24) is 5.32 Å². The SMILES string of the molecule is CN[C@@H](CCCCN)C(=O)OCC(N)C(=O)OCC(N)C(=O)OCC(N)C(=O)OCC(N)C(=O)OC. The molecule has 36 heavy (non-hydrogen) atoms. The van der Waals surface area contributed by atoms with E-state index in [0.29, 0.717) is 13.0 Å². The van der Waals surface area contributed by atoms with Crippen molar-refractivity contribution in [2.45, 2.75) is 49.5 Å². The maximum Gasteiger partial charge on any atom is 0.326 e. The molecule has 0 spiro atoms. The van der Waals surface area contributed by atoms with Gasteiger partial charge in [0.1, 0.15) is 56.6 Å². The molecule has 0 radical (unpaired) electrons. The lowest BCUT2D eigenvalue weighted by molar-refractivity contribution is -0.155. The summed E-state index contributed by atoms with van der Waals surface area (Å²) in [5.41, 5.74) is 27.6. The summed E-state index contributed by atoms with van der Waals surface area (Å²) in [7, 11) is 2.71. The summed E-state index contributed by atoms with van der Waals surface area (Å²) >= 11 is 0. The van der Waals surface area contributed by atoms with Crippen molar-refractivity contribution in [3.8, 4) is 0 Å². The number of nitrogens with two attached hydrogens (primary N) is 5. The highest BCUT2D eigenvalue weighted by Gasteiger charge is 2.26. The second-order valence-electron chi connectivity index (χ2n) is 7.60. The van der Waals surface area contributed by atoms with E-state index in [0.717, 1.165) is 20.0 Å². The molecule has 0 aliphatic heterocycles. The fraction of sp³-hybridized carbons (Fsp3) is 0.750. The van der Waals surface area contributed by atoms with E-state index < -0.39 is 86.5 Å². The molecular formula is C20H38N6O10. The van der Waals surface area contributed by atoms with Gasteiger partial charge in [0.25, 0.3) is 0 Å². The number of methoxy groups -OCH3 is 1. The van der Waals surface area contributed by atoms with Gasteiger partial charge in [-0.1, -0.05) is 6.42 Å². The number of hydrogen-bond acceptors (Lipinski definition) is 16. The number of esters is 5. The van der Waals surface area contributed by atoms with Gasteiger partial charge < -0.3 is 57.7 Å². The van der Waals surface area contributed by atoms with Crippen molar-refractivity contribution in [3.63, 3.8) is 0 Å². The van der Waals surface area contributed by atoms with Crippen LogP contribution in [0.15, 0.2) is 0 Å². The second-order valence-corrected chi connectivity index (χ2v) is 7.60. The third-order valence-electron chi connectivity index (χ3n) is 4.61. The predicted molar refractivity (Wildman–Crippen MR) is 124 cm³/mol. The maximum absolute atomic E-state index is 12.1. The van der Waals surface area contributed by atoms with E-state index in [1.54, 1.807) is 7.05 Å². The second kappa shape index (κ2) is 18.4. The van der Waals surface area contributed by atoms with Crippen LogP contribution in [0.1, 0.15) is 19.3 Å². The van der Waals surface area contributed by atoms with Gasteiger partial charge in [0.05, 0.1) is 7.11 Å². The lowest BCUT2D eigenvalue weighted by Gasteiger charge is -2.18. The normalized spacial score (nSPS) is 15.0. The minimum atomic E-state index is -1.41. The van der Waals surface area contributed by atoms with E-state index in [2.05, 4.69) is 10.1 Å². The molecule has 16 nitrogen and oxygen atoms in total. The summed E-state index contributed by atoms with van der Waals surface area (Å²) in [4.78, 5) is 58.9. The number of carbonyl (C=O) groups is 5. The number of likely N-dealkylation sites (N-methyl/N-ethyl adjacent to an activating group) is 1. The van der Waals surface area contributed by atoms with Crippen LogP contribution in [0, 0.1) is 0 Å². The Balaban J connectivity index is 4.32. The van der Waals surface area contributed by atoms with Crippen molar-refractivity contribution in [3.05, 3.63) is 0 Å². The summed E-state index contributed by atoms with van der Waals surface area (Å²) in [6, 6.07) is -5.86. The molecule has 4 unspecified atom stereocenters. The molecule has 0 fully saturated rings. The van der Waals surface area contributed by atoms with Crippen molar-refractivity contribution < 1.29 is 47.7 Å². The van der Waals surface area contributed by atoms with E-state index in [9.17, 15) is 24.0 Å². The molecule has 16 heteroatoms. The summed E-state index contributed by atoms with van der Waals surface area (Å²) in [6.07, 6.45) is 1.97. The first-order valence-corrected chi connectivity index (χ1v) is 11.1. The molecule has 0 aromatic rings. The van der Waals surface area contributed by atoms with E-state index in [4.69, 9.17) is 47.6 Å². The Bertz CT molecular complexity index is 725. The van der Waals surface area contributed by atoms with E-state index in [1.165, 1.54) is 0 Å². The van der Waals surface area contributed by atoms with Crippen LogP contribution < -0.4 is 34.0 Å². The Morgan fingerprint density at radius 3 is 1.33 bits per heavy atom. The first kappa shape index (κ1) is 33.1. The van der Waals surface area contributed by atoms with Gasteiger partial charge in [0.2, 0.25) is 0 Å². The smallest absolute Gasteiger partial charge is 0.326 e. The van der Waals surface area contributed by atoms with Crippen molar-refractivity contribution in [2.24, 2.45) is 28.7 Å². The Morgan fingerprint density at radius 1 is 0.639 bits per heavy atom. The van der Waals surface area contributed by atoms with Crippen LogP contribution in [-0.2, 0) is 47.7 Å². The van der Waals surface area contributed by atoms with Crippen LogP contribution in [0.5, 0.6) is 0 Å². The third-order valence-corrected chi connectivity index (χ3v) is 4.61. The molecule has 0 bridgehead atoms. The number of hydrogen-bond donors (Lipinski definition) is 6. The molecule has 208 valence electrons. The van der Waals surface area contributed by atoms with Gasteiger partial charge in [-0.05, 0) is 26.4 Å². The Labute approximate surface area is 208 Å². The van der Waals surface area contributed by atoms with Crippen LogP contribution >= 0.6 is 0 Å². The zero-order chi connectivity index (χ0) is 27.7. The quantitative estimate of drug-likeness (QED) is 0.0560. The molecule has 0 amide bonds. The van der Waals surface area contributed by atoms with Crippen LogP contribution in [0.2, 0.25) is 0 Å². The Morgan fingerprint density at radius 2 is 1.00 bits per heavy atom. The number of unbranched alkanes of at least 4 members (excludes halogenated alkanes) is 1. The first-order chi connectivity index (χ1) is 17.0. The molecule has 0 rings (SSSR count). The van der Waals surface area contributed by atoms with Crippen LogP contribution in [0.25, 0.3) is 0 Å². The molecule has 5 atom stereocenters. The van der Waals surface area contributed by atoms with E-state index >= 15 is 0 Å². The van der Waals surface area contributed by atoms with Crippen molar-refractivity contribution in [2.75, 3.05) is 47.1 Å². The Kier molecular flexibility index (Phi) is 16.9. The fourth-order valence-electron chi connectivity index (χ4n) is 2.41. The monoisotopic (exact) mass is 522 g/mol. The van der Waals surface area contributed by atoms with Gasteiger partial charge in [-0.3, -0.25) is 24.0 Å². The summed E-state index contributed by atoms with van der Waals surface area (Å²) in [5.74, 6) is -4.34. The third kappa shape index (κ3) is 13.3. The number of nitrogens with one attached hydrogen (secondary N) is 1. The molecule has 0 aliphatic rings. The van der Waals surface area contributed by atoms with Crippen molar-refractivity contribution >= 4 is 29.8 Å². The minimum Gasteiger partial charge on any atom is -0.468 e. The highest BCUT2D eigenvalue weighted by Crippen LogP contribution is 2.03. The molecule has 0 aliphatic carbocycles. The molecular weight excluding hydrogens is 484 g/mol. The number of rotatable bonds is 18. The summed E-state index contributed by atoms with van der Waals surface area (Å²) in [6.45, 7) is -1.61. The zero-order valence-electron chi connectivity index (χ0n) is 20.5. The van der Waals surface area contributed by atoms with Gasteiger partial charge in [-0.2, -0.15) is 0 Å². The fourth-order valence-corrected chi connectivity index (χ4v) is 2.41. The summed E-state index contributed by atoms with van der Waals surface area (Å²) < 4.78 is 23.8. The highest BCUT2D eigenvalue weighted by atomic mass is 16.6. The standard InChI is InChI=1S/C20H38N6O10/c1-26-15(5-3-4-6-21)20(31)36-10-14(25)19(30)35-9-13(24)18(29)34-8-12(23)17(28)33-7-11(22)16(27)32-2/h11-15,26H,3-10,21-25H2,1-2H3/t11?,12?,13?,14?,15-/m0/s1. The molecule has 0 heterocycles. The van der Waals surface area contributed by atoms with Crippen LogP contribution in [0.3, 0.4) is 0 Å². The van der Waals surface area contributed by atoms with Gasteiger partial charge >= 0.3 is 29.8 Å². The Hall–Kier alpha value is -2.89. The molecule has 0 saturated heterocycles. The van der Waals surface area contributed by atoms with Crippen molar-refractivity contribution in [1.29, 1.82) is 0 Å². The van der Waals surface area contributed by atoms with Gasteiger partial charge in [0.15, 0.2) is 0 Å². The van der Waals surface area contributed by atoms with Crippen LogP contribution in [0.4, 0.5) is 0 Å². The maximum atomic E-state index is 12.1. The van der Waals surface area contributed by atoms with Crippen LogP contribution in [-0.4, -0.2) is 107 Å². The average molecular weight is 523 g/mol. The topological polar surface area (TPSA) is 274 Å². The van der Waals surface area contributed by atoms with Gasteiger partial charge in [-0.15, -0.1) is 0 Å². The predicted octanol–water partition coefficient (Wildman–Crippen LogP) is -4.64. The lowest BCUT2D eigenvalue weighted by Crippen LogP contribution is -2.45. The molecule has 0 saturated carbocycles. The number of carbonyl (C=O) groups excluding carboxylic acids is 5. The zero-order valence-corrected chi connectivity index (χ0v) is 20.5. The van der Waals surface area contributed by atoms with E-state index in [-0.39, 0.29) is 0 Å². The minimum absolute atomic E-state index is 0.441. The molecule has 0 aromatic heterocycles. The lowest BCUT2D eigenvalue weighted by atomic mass is 10.1. The summed E-state index contributed by atoms with van der Waals surface area (Å²) in [5, 5.41) is 2.81. The first-order valence-electron chi connectivity index (χ1n) is 11.1. The largest absolute Gasteiger partial charge is 0.468 e.